The molecule has 0 amide bonds. The number of ether oxygens (including phenoxy) is 1. The Hall–Kier alpha value is -0.770. The summed E-state index contributed by atoms with van der Waals surface area (Å²) in [6.45, 7) is 5.67. The van der Waals surface area contributed by atoms with Gasteiger partial charge in [-0.2, -0.15) is 0 Å². The lowest BCUT2D eigenvalue weighted by Crippen LogP contribution is -2.38. The number of nitrogens with one attached hydrogen (secondary N) is 1. The van der Waals surface area contributed by atoms with Gasteiger partial charge in [0, 0.05) is 31.1 Å². The Bertz CT molecular complexity index is 446. The number of fused-ring (bicyclic) bond motifs is 1. The van der Waals surface area contributed by atoms with Crippen molar-refractivity contribution in [2.24, 2.45) is 0 Å². The van der Waals surface area contributed by atoms with Gasteiger partial charge in [-0.3, -0.25) is 0 Å². The summed E-state index contributed by atoms with van der Waals surface area (Å²) in [5, 5.41) is 4.32. The molecule has 110 valence electrons. The topological polar surface area (TPSA) is 24.5 Å². The van der Waals surface area contributed by atoms with E-state index in [0.29, 0.717) is 0 Å². The van der Waals surface area contributed by atoms with Crippen molar-refractivity contribution in [3.05, 3.63) is 28.8 Å². The summed E-state index contributed by atoms with van der Waals surface area (Å²) in [7, 11) is 0. The van der Waals surface area contributed by atoms with Crippen LogP contribution in [0.5, 0.6) is 5.75 Å². The second-order valence-electron chi connectivity index (χ2n) is 5.80. The van der Waals surface area contributed by atoms with E-state index in [1.807, 2.05) is 18.2 Å². The van der Waals surface area contributed by atoms with Crippen LogP contribution in [0.1, 0.15) is 24.8 Å². The summed E-state index contributed by atoms with van der Waals surface area (Å²) in [6, 6.07) is 5.89. The van der Waals surface area contributed by atoms with E-state index in [9.17, 15) is 0 Å². The third kappa shape index (κ3) is 3.66. The molecule has 0 aliphatic carbocycles. The average molecular weight is 295 g/mol. The number of piperidine rings is 1. The Balaban J connectivity index is 1.36. The molecule has 2 aliphatic rings. The molecule has 1 fully saturated rings. The van der Waals surface area contributed by atoms with Crippen LogP contribution in [0.25, 0.3) is 0 Å². The van der Waals surface area contributed by atoms with Crippen LogP contribution < -0.4 is 10.1 Å². The summed E-state index contributed by atoms with van der Waals surface area (Å²) >= 11 is 6.01. The summed E-state index contributed by atoms with van der Waals surface area (Å²) in [5.74, 6) is 0.997. The van der Waals surface area contributed by atoms with Gasteiger partial charge in [0.15, 0.2) is 0 Å². The molecule has 1 aromatic rings. The van der Waals surface area contributed by atoms with Gasteiger partial charge in [0.2, 0.25) is 0 Å². The molecule has 1 saturated heterocycles. The van der Waals surface area contributed by atoms with Crippen LogP contribution in [-0.4, -0.2) is 43.7 Å². The highest BCUT2D eigenvalue weighted by molar-refractivity contribution is 6.30. The second kappa shape index (κ2) is 6.79. The van der Waals surface area contributed by atoms with Gasteiger partial charge in [-0.15, -0.1) is 0 Å². The molecule has 1 unspecified atom stereocenters. The molecule has 3 rings (SSSR count). The lowest BCUT2D eigenvalue weighted by molar-refractivity contribution is 0.209. The van der Waals surface area contributed by atoms with Crippen molar-refractivity contribution in [1.29, 1.82) is 0 Å². The smallest absolute Gasteiger partial charge is 0.123 e. The van der Waals surface area contributed by atoms with Crippen LogP contribution in [0.2, 0.25) is 5.02 Å². The number of hydrogen-bond acceptors (Lipinski definition) is 3. The van der Waals surface area contributed by atoms with E-state index in [0.717, 1.165) is 36.8 Å². The average Bonchev–Trinajstić information content (AvgIpc) is 2.86. The fourth-order valence-electron chi connectivity index (χ4n) is 3.09. The van der Waals surface area contributed by atoms with E-state index in [4.69, 9.17) is 16.3 Å². The van der Waals surface area contributed by atoms with Crippen molar-refractivity contribution in [2.75, 3.05) is 32.7 Å². The molecule has 20 heavy (non-hydrogen) atoms. The number of nitrogens with zero attached hydrogens (tertiary/aromatic N) is 1. The van der Waals surface area contributed by atoms with Crippen molar-refractivity contribution in [3.63, 3.8) is 0 Å². The largest absolute Gasteiger partial charge is 0.488 e. The summed E-state index contributed by atoms with van der Waals surface area (Å²) in [6.07, 6.45) is 5.35. The molecule has 4 heteroatoms. The van der Waals surface area contributed by atoms with Crippen LogP contribution in [0.4, 0.5) is 0 Å². The van der Waals surface area contributed by atoms with Crippen LogP contribution >= 0.6 is 11.6 Å². The highest BCUT2D eigenvalue weighted by Gasteiger charge is 2.22. The summed E-state index contributed by atoms with van der Waals surface area (Å²) in [4.78, 5) is 2.56. The maximum absolute atomic E-state index is 6.01. The van der Waals surface area contributed by atoms with E-state index in [1.165, 1.54) is 37.9 Å². The van der Waals surface area contributed by atoms with Crippen molar-refractivity contribution in [1.82, 2.24) is 10.2 Å². The molecular weight excluding hydrogens is 272 g/mol. The monoisotopic (exact) mass is 294 g/mol. The Kier molecular flexibility index (Phi) is 4.81. The molecular formula is C16H23ClN2O. The first kappa shape index (κ1) is 14.2. The third-order valence-corrected chi connectivity index (χ3v) is 4.42. The quantitative estimate of drug-likeness (QED) is 0.845. The summed E-state index contributed by atoms with van der Waals surface area (Å²) < 4.78 is 5.92. The van der Waals surface area contributed by atoms with Crippen LogP contribution in [-0.2, 0) is 6.42 Å². The van der Waals surface area contributed by atoms with Crippen molar-refractivity contribution < 1.29 is 4.74 Å². The SMILES string of the molecule is Clc1ccc2c(c1)CC(CNCCN1CCCCC1)O2. The predicted molar refractivity (Wildman–Crippen MR) is 82.7 cm³/mol. The molecule has 0 spiro atoms. The summed E-state index contributed by atoms with van der Waals surface area (Å²) in [5.41, 5.74) is 1.24. The number of hydrogen-bond donors (Lipinski definition) is 1. The number of halogens is 1. The minimum Gasteiger partial charge on any atom is -0.488 e. The predicted octanol–water partition coefficient (Wildman–Crippen LogP) is 2.72. The number of rotatable bonds is 5. The van der Waals surface area contributed by atoms with Gasteiger partial charge in [0.05, 0.1) is 0 Å². The minimum atomic E-state index is 0.254. The molecule has 0 aromatic heterocycles. The molecule has 2 aliphatic heterocycles. The number of benzene rings is 1. The van der Waals surface area contributed by atoms with Crippen molar-refractivity contribution in [3.8, 4) is 5.75 Å². The maximum atomic E-state index is 6.01. The minimum absolute atomic E-state index is 0.254. The Morgan fingerprint density at radius 1 is 1.25 bits per heavy atom. The van der Waals surface area contributed by atoms with Gasteiger partial charge in [-0.05, 0) is 49.7 Å². The maximum Gasteiger partial charge on any atom is 0.123 e. The highest BCUT2D eigenvalue weighted by Crippen LogP contribution is 2.30. The Morgan fingerprint density at radius 2 is 2.10 bits per heavy atom. The Morgan fingerprint density at radius 3 is 2.95 bits per heavy atom. The van der Waals surface area contributed by atoms with Crippen LogP contribution in [0, 0.1) is 0 Å². The van der Waals surface area contributed by atoms with Gasteiger partial charge < -0.3 is 15.0 Å². The molecule has 0 radical (unpaired) electrons. The molecule has 1 aromatic carbocycles. The van der Waals surface area contributed by atoms with Gasteiger partial charge in [-0.1, -0.05) is 18.0 Å². The van der Waals surface area contributed by atoms with Crippen LogP contribution in [0.3, 0.4) is 0 Å². The molecule has 3 nitrogen and oxygen atoms in total. The van der Waals surface area contributed by atoms with Gasteiger partial charge >= 0.3 is 0 Å². The Labute approximate surface area is 126 Å². The van der Waals surface area contributed by atoms with Gasteiger partial charge in [0.1, 0.15) is 11.9 Å². The normalized spacial score (nSPS) is 22.6. The third-order valence-electron chi connectivity index (χ3n) is 4.19. The first-order chi connectivity index (χ1) is 9.81. The van der Waals surface area contributed by atoms with Crippen LogP contribution in [0.15, 0.2) is 18.2 Å². The van der Waals surface area contributed by atoms with E-state index < -0.39 is 0 Å². The molecule has 1 N–H and O–H groups in total. The van der Waals surface area contributed by atoms with Crippen molar-refractivity contribution in [2.45, 2.75) is 31.8 Å². The standard InChI is InChI=1S/C16H23ClN2O/c17-14-4-5-16-13(10-14)11-15(20-16)12-18-6-9-19-7-2-1-3-8-19/h4-5,10,15,18H,1-3,6-9,11-12H2. The lowest BCUT2D eigenvalue weighted by Gasteiger charge is -2.26. The lowest BCUT2D eigenvalue weighted by atomic mass is 10.1. The zero-order valence-electron chi connectivity index (χ0n) is 11.9. The number of likely N-dealkylation sites (tertiary alicyclic amines) is 1. The second-order valence-corrected chi connectivity index (χ2v) is 6.24. The fraction of sp³-hybridized carbons (Fsp3) is 0.625. The first-order valence-electron chi connectivity index (χ1n) is 7.69. The van der Waals surface area contributed by atoms with E-state index >= 15 is 0 Å². The molecule has 0 bridgehead atoms. The van der Waals surface area contributed by atoms with E-state index in [1.54, 1.807) is 0 Å². The van der Waals surface area contributed by atoms with Crippen molar-refractivity contribution >= 4 is 11.6 Å². The van der Waals surface area contributed by atoms with E-state index in [-0.39, 0.29) is 6.10 Å². The molecule has 2 heterocycles. The highest BCUT2D eigenvalue weighted by atomic mass is 35.5. The van der Waals surface area contributed by atoms with Gasteiger partial charge in [0.25, 0.3) is 0 Å². The zero-order valence-corrected chi connectivity index (χ0v) is 12.7. The molecule has 1 atom stereocenters. The van der Waals surface area contributed by atoms with Gasteiger partial charge in [-0.25, -0.2) is 0 Å². The van der Waals surface area contributed by atoms with E-state index in [2.05, 4.69) is 10.2 Å². The zero-order chi connectivity index (χ0) is 13.8. The fourth-order valence-corrected chi connectivity index (χ4v) is 3.28. The first-order valence-corrected chi connectivity index (χ1v) is 8.07. The molecule has 0 saturated carbocycles.